The molecule has 0 aliphatic rings. The zero-order valence-electron chi connectivity index (χ0n) is 23.9. The molecule has 0 unspecified atom stereocenters. The van der Waals surface area contributed by atoms with Gasteiger partial charge in [-0.25, -0.2) is 4.79 Å². The van der Waals surface area contributed by atoms with Crippen LogP contribution in [0.3, 0.4) is 0 Å². The number of aromatic nitrogens is 1. The number of methoxy groups -OCH3 is 1. The molecule has 1 aromatic heterocycles. The molecule has 1 heterocycles. The van der Waals surface area contributed by atoms with Gasteiger partial charge in [0.25, 0.3) is 0 Å². The summed E-state index contributed by atoms with van der Waals surface area (Å²) in [5, 5.41) is 15.8. The molecule has 0 saturated carbocycles. The van der Waals surface area contributed by atoms with Gasteiger partial charge in [-0.2, -0.15) is 0 Å². The van der Waals surface area contributed by atoms with Crippen molar-refractivity contribution in [2.24, 2.45) is 5.41 Å². The number of fused-ring (bicyclic) bond motifs is 1. The lowest BCUT2D eigenvalue weighted by molar-refractivity contribution is 0.140. The van der Waals surface area contributed by atoms with Gasteiger partial charge in [0, 0.05) is 49.0 Å². The number of carbonyl (C=O) groups excluding carboxylic acids is 1. The Morgan fingerprint density at radius 3 is 2.44 bits per heavy atom. The Morgan fingerprint density at radius 2 is 1.79 bits per heavy atom. The van der Waals surface area contributed by atoms with Crippen molar-refractivity contribution >= 4 is 22.6 Å². The first-order valence-corrected chi connectivity index (χ1v) is 13.4. The van der Waals surface area contributed by atoms with E-state index < -0.39 is 0 Å². The monoisotopic (exact) mass is 538 g/mol. The minimum Gasteiger partial charge on any atom is -0.493 e. The Hall–Kier alpha value is -3.56. The number of rotatable bonds is 13. The third-order valence-electron chi connectivity index (χ3n) is 6.24. The summed E-state index contributed by atoms with van der Waals surface area (Å²) in [6, 6.07) is 12.8. The van der Waals surface area contributed by atoms with Gasteiger partial charge in [-0.05, 0) is 62.1 Å². The number of nitrogens with zero attached hydrogens (tertiary/aromatic N) is 2. The average molecular weight is 539 g/mol. The fourth-order valence-electron chi connectivity index (χ4n) is 3.98. The highest BCUT2D eigenvalue weighted by molar-refractivity contribution is 5.89. The molecule has 0 atom stereocenters. The maximum absolute atomic E-state index is 12.2. The van der Waals surface area contributed by atoms with Crippen molar-refractivity contribution in [1.29, 1.82) is 0 Å². The third-order valence-corrected chi connectivity index (χ3v) is 6.24. The largest absolute Gasteiger partial charge is 0.493 e. The van der Waals surface area contributed by atoms with Crippen LogP contribution in [0, 0.1) is 5.41 Å². The van der Waals surface area contributed by atoms with Crippen molar-refractivity contribution in [3.8, 4) is 23.0 Å². The van der Waals surface area contributed by atoms with E-state index in [0.29, 0.717) is 66.5 Å². The van der Waals surface area contributed by atoms with Gasteiger partial charge in [0.1, 0.15) is 18.1 Å². The van der Waals surface area contributed by atoms with Crippen LogP contribution in [0.5, 0.6) is 23.0 Å². The van der Waals surface area contributed by atoms with Crippen LogP contribution in [-0.4, -0.2) is 67.0 Å². The second-order valence-corrected chi connectivity index (χ2v) is 10.8. The van der Waals surface area contributed by atoms with E-state index in [2.05, 4.69) is 55.1 Å². The van der Waals surface area contributed by atoms with Gasteiger partial charge in [0.2, 0.25) is 0 Å². The summed E-state index contributed by atoms with van der Waals surface area (Å²) < 4.78 is 17.8. The van der Waals surface area contributed by atoms with E-state index in [1.54, 1.807) is 43.6 Å². The maximum Gasteiger partial charge on any atom is 0.319 e. The SMILES string of the molecule is COc1cc2c(Oc3ccc(NC(=O)NCCC(C)(C)C)cc3)ccnc2cc1OCCN(CCO)C(C)C. The molecule has 0 bridgehead atoms. The standard InChI is InChI=1S/C30H42N4O5/c1-21(2)34(15-17-35)16-18-38-28-20-25-24(19-27(28)37-6)26(11-13-31-25)39-23-9-7-22(8-10-23)33-29(36)32-14-12-30(3,4)5/h7-11,13,19-21,35H,12,14-18H2,1-6H3,(H2,32,33,36). The van der Waals surface area contributed by atoms with Gasteiger partial charge >= 0.3 is 6.03 Å². The highest BCUT2D eigenvalue weighted by atomic mass is 16.5. The number of amides is 2. The van der Waals surface area contributed by atoms with Crippen molar-refractivity contribution in [2.45, 2.75) is 47.1 Å². The van der Waals surface area contributed by atoms with Crippen molar-refractivity contribution in [1.82, 2.24) is 15.2 Å². The second kappa shape index (κ2) is 14.0. The Bertz CT molecular complexity index is 1210. The molecular weight excluding hydrogens is 496 g/mol. The molecule has 3 N–H and O–H groups in total. The van der Waals surface area contributed by atoms with Crippen molar-refractivity contribution < 1.29 is 24.1 Å². The summed E-state index contributed by atoms with van der Waals surface area (Å²) in [5.74, 6) is 2.42. The summed E-state index contributed by atoms with van der Waals surface area (Å²) >= 11 is 0. The Kier molecular flexibility index (Phi) is 10.8. The molecule has 3 aromatic rings. The fraction of sp³-hybridized carbons (Fsp3) is 0.467. The minimum atomic E-state index is -0.233. The molecular formula is C30H42N4O5. The van der Waals surface area contributed by atoms with Crippen molar-refractivity contribution in [2.75, 3.05) is 45.3 Å². The second-order valence-electron chi connectivity index (χ2n) is 10.8. The van der Waals surface area contributed by atoms with Gasteiger partial charge in [0.15, 0.2) is 11.5 Å². The molecule has 3 rings (SSSR count). The van der Waals surface area contributed by atoms with Gasteiger partial charge in [-0.15, -0.1) is 0 Å². The Labute approximate surface area is 231 Å². The predicted molar refractivity (Wildman–Crippen MR) is 155 cm³/mol. The summed E-state index contributed by atoms with van der Waals surface area (Å²) in [6.07, 6.45) is 2.58. The number of aliphatic hydroxyl groups excluding tert-OH is 1. The first-order valence-electron chi connectivity index (χ1n) is 13.4. The number of aliphatic hydroxyl groups is 1. The Balaban J connectivity index is 1.66. The van der Waals surface area contributed by atoms with Crippen molar-refractivity contribution in [3.63, 3.8) is 0 Å². The van der Waals surface area contributed by atoms with E-state index >= 15 is 0 Å². The molecule has 9 heteroatoms. The van der Waals surface area contributed by atoms with Gasteiger partial charge in [-0.3, -0.25) is 9.88 Å². The maximum atomic E-state index is 12.2. The average Bonchev–Trinajstić information content (AvgIpc) is 2.88. The molecule has 212 valence electrons. The number of hydrogen-bond donors (Lipinski definition) is 3. The van der Waals surface area contributed by atoms with Gasteiger partial charge in [-0.1, -0.05) is 20.8 Å². The van der Waals surface area contributed by atoms with E-state index in [4.69, 9.17) is 14.2 Å². The van der Waals surface area contributed by atoms with Crippen LogP contribution in [0.1, 0.15) is 41.0 Å². The molecule has 39 heavy (non-hydrogen) atoms. The zero-order chi connectivity index (χ0) is 28.4. The van der Waals surface area contributed by atoms with E-state index in [-0.39, 0.29) is 18.1 Å². The number of hydrogen-bond acceptors (Lipinski definition) is 7. The number of carbonyl (C=O) groups is 1. The predicted octanol–water partition coefficient (Wildman–Crippen LogP) is 5.67. The normalized spacial score (nSPS) is 11.6. The molecule has 0 aliphatic carbocycles. The van der Waals surface area contributed by atoms with Crippen LogP contribution in [-0.2, 0) is 0 Å². The first kappa shape index (κ1) is 30.0. The number of nitrogens with one attached hydrogen (secondary N) is 2. The van der Waals surface area contributed by atoms with Gasteiger partial charge < -0.3 is 30.0 Å². The lowest BCUT2D eigenvalue weighted by Gasteiger charge is -2.25. The fourth-order valence-corrected chi connectivity index (χ4v) is 3.98. The topological polar surface area (TPSA) is 105 Å². The Morgan fingerprint density at radius 1 is 1.05 bits per heavy atom. The summed E-state index contributed by atoms with van der Waals surface area (Å²) in [5.41, 5.74) is 1.55. The zero-order valence-corrected chi connectivity index (χ0v) is 23.9. The van der Waals surface area contributed by atoms with E-state index in [0.717, 1.165) is 11.8 Å². The summed E-state index contributed by atoms with van der Waals surface area (Å²) in [7, 11) is 1.60. The van der Waals surface area contributed by atoms with E-state index in [1.807, 2.05) is 12.1 Å². The minimum absolute atomic E-state index is 0.108. The lowest BCUT2D eigenvalue weighted by Crippen LogP contribution is -2.36. The quantitative estimate of drug-likeness (QED) is 0.257. The van der Waals surface area contributed by atoms with Crippen LogP contribution in [0.2, 0.25) is 0 Å². The van der Waals surface area contributed by atoms with E-state index in [1.165, 1.54) is 0 Å². The molecule has 2 aromatic carbocycles. The number of anilines is 1. The van der Waals surface area contributed by atoms with Gasteiger partial charge in [0.05, 0.1) is 19.2 Å². The number of urea groups is 1. The van der Waals surface area contributed by atoms with E-state index in [9.17, 15) is 9.90 Å². The molecule has 0 fully saturated rings. The third kappa shape index (κ3) is 9.30. The highest BCUT2D eigenvalue weighted by Crippen LogP contribution is 2.37. The van der Waals surface area contributed by atoms with Crippen LogP contribution in [0.25, 0.3) is 10.9 Å². The van der Waals surface area contributed by atoms with Crippen LogP contribution >= 0.6 is 0 Å². The lowest BCUT2D eigenvalue weighted by atomic mass is 9.92. The molecule has 0 spiro atoms. The summed E-state index contributed by atoms with van der Waals surface area (Å²) in [4.78, 5) is 18.8. The van der Waals surface area contributed by atoms with Crippen LogP contribution < -0.4 is 24.8 Å². The molecule has 0 aliphatic heterocycles. The smallest absolute Gasteiger partial charge is 0.319 e. The number of ether oxygens (including phenoxy) is 3. The molecule has 2 amide bonds. The molecule has 0 saturated heterocycles. The number of benzene rings is 2. The summed E-state index contributed by atoms with van der Waals surface area (Å²) in [6.45, 7) is 13.1. The number of pyridine rings is 1. The van der Waals surface area contributed by atoms with Crippen molar-refractivity contribution in [3.05, 3.63) is 48.7 Å². The highest BCUT2D eigenvalue weighted by Gasteiger charge is 2.14. The molecule has 9 nitrogen and oxygen atoms in total. The van der Waals surface area contributed by atoms with Crippen LogP contribution in [0.4, 0.5) is 10.5 Å². The molecule has 0 radical (unpaired) electrons. The first-order chi connectivity index (χ1) is 18.6. The van der Waals surface area contributed by atoms with Crippen LogP contribution in [0.15, 0.2) is 48.7 Å².